The first-order valence-corrected chi connectivity index (χ1v) is 7.66. The lowest BCUT2D eigenvalue weighted by Gasteiger charge is -2.12. The highest BCUT2D eigenvalue weighted by molar-refractivity contribution is 5.85. The molecule has 1 N–H and O–H groups in total. The molecule has 1 aliphatic carbocycles. The SMILES string of the molecule is Cc1cc(-c2cccc3c2Cc2ccccc2-3)cc(C)c1O. The summed E-state index contributed by atoms with van der Waals surface area (Å²) < 4.78 is 0. The zero-order valence-electron chi connectivity index (χ0n) is 12.9. The second kappa shape index (κ2) is 4.74. The highest BCUT2D eigenvalue weighted by atomic mass is 16.3. The highest BCUT2D eigenvalue weighted by Gasteiger charge is 2.21. The zero-order chi connectivity index (χ0) is 15.3. The van der Waals surface area contributed by atoms with Gasteiger partial charge >= 0.3 is 0 Å². The van der Waals surface area contributed by atoms with Gasteiger partial charge < -0.3 is 5.11 Å². The Balaban J connectivity index is 1.93. The summed E-state index contributed by atoms with van der Waals surface area (Å²) in [7, 11) is 0. The second-order valence-corrected chi connectivity index (χ2v) is 6.12. The van der Waals surface area contributed by atoms with Crippen molar-refractivity contribution in [3.8, 4) is 28.0 Å². The Morgan fingerprint density at radius 2 is 1.41 bits per heavy atom. The Hall–Kier alpha value is -2.54. The van der Waals surface area contributed by atoms with Crippen LogP contribution in [0, 0.1) is 13.8 Å². The van der Waals surface area contributed by atoms with E-state index in [1.165, 1.54) is 33.4 Å². The van der Waals surface area contributed by atoms with Gasteiger partial charge in [-0.05, 0) is 76.9 Å². The van der Waals surface area contributed by atoms with Crippen LogP contribution < -0.4 is 0 Å². The van der Waals surface area contributed by atoms with E-state index in [0.29, 0.717) is 5.75 Å². The second-order valence-electron chi connectivity index (χ2n) is 6.12. The minimum Gasteiger partial charge on any atom is -0.507 e. The maximum atomic E-state index is 10.0. The normalized spacial score (nSPS) is 12.1. The number of phenolic OH excluding ortho intramolecular Hbond substituents is 1. The number of hydrogen-bond donors (Lipinski definition) is 1. The summed E-state index contributed by atoms with van der Waals surface area (Å²) in [6.45, 7) is 3.92. The molecule has 4 rings (SSSR count). The summed E-state index contributed by atoms with van der Waals surface area (Å²) in [5, 5.41) is 10.0. The Kier molecular flexibility index (Phi) is 2.83. The van der Waals surface area contributed by atoms with Crippen molar-refractivity contribution in [2.24, 2.45) is 0 Å². The molecule has 0 spiro atoms. The molecule has 1 nitrogen and oxygen atoms in total. The Morgan fingerprint density at radius 1 is 0.773 bits per heavy atom. The fraction of sp³-hybridized carbons (Fsp3) is 0.143. The van der Waals surface area contributed by atoms with Crippen molar-refractivity contribution in [1.82, 2.24) is 0 Å². The van der Waals surface area contributed by atoms with Crippen LogP contribution in [0.1, 0.15) is 22.3 Å². The van der Waals surface area contributed by atoms with Crippen LogP contribution in [-0.4, -0.2) is 5.11 Å². The quantitative estimate of drug-likeness (QED) is 0.507. The topological polar surface area (TPSA) is 20.2 Å². The van der Waals surface area contributed by atoms with E-state index >= 15 is 0 Å². The van der Waals surface area contributed by atoms with Crippen molar-refractivity contribution >= 4 is 0 Å². The molecule has 22 heavy (non-hydrogen) atoms. The van der Waals surface area contributed by atoms with Gasteiger partial charge in [-0.3, -0.25) is 0 Å². The third-order valence-corrected chi connectivity index (χ3v) is 4.65. The van der Waals surface area contributed by atoms with Crippen LogP contribution in [0.5, 0.6) is 5.75 Å². The van der Waals surface area contributed by atoms with Crippen molar-refractivity contribution in [2.45, 2.75) is 20.3 Å². The first-order valence-electron chi connectivity index (χ1n) is 7.66. The van der Waals surface area contributed by atoms with E-state index in [0.717, 1.165) is 17.5 Å². The maximum Gasteiger partial charge on any atom is 0.121 e. The summed E-state index contributed by atoms with van der Waals surface area (Å²) in [4.78, 5) is 0. The van der Waals surface area contributed by atoms with E-state index in [1.807, 2.05) is 13.8 Å². The standard InChI is InChI=1S/C21H18O/c1-13-10-16(11-14(2)21(13)22)18-8-5-9-19-17-7-4-3-6-15(17)12-20(18)19/h3-11,22H,12H2,1-2H3. The van der Waals surface area contributed by atoms with Crippen LogP contribution in [0.25, 0.3) is 22.3 Å². The summed E-state index contributed by atoms with van der Waals surface area (Å²) in [5.41, 5.74) is 9.83. The van der Waals surface area contributed by atoms with Crippen molar-refractivity contribution in [3.63, 3.8) is 0 Å². The van der Waals surface area contributed by atoms with Crippen molar-refractivity contribution in [1.29, 1.82) is 0 Å². The molecule has 0 aliphatic heterocycles. The van der Waals surface area contributed by atoms with Crippen molar-refractivity contribution in [3.05, 3.63) is 76.9 Å². The minimum absolute atomic E-state index is 0.402. The summed E-state index contributed by atoms with van der Waals surface area (Å²) in [5.74, 6) is 0.402. The molecule has 0 bridgehead atoms. The molecule has 0 unspecified atom stereocenters. The zero-order valence-corrected chi connectivity index (χ0v) is 12.9. The maximum absolute atomic E-state index is 10.0. The summed E-state index contributed by atoms with van der Waals surface area (Å²) >= 11 is 0. The van der Waals surface area contributed by atoms with E-state index in [-0.39, 0.29) is 0 Å². The van der Waals surface area contributed by atoms with Gasteiger partial charge in [0.15, 0.2) is 0 Å². The lowest BCUT2D eigenvalue weighted by atomic mass is 9.93. The fourth-order valence-electron chi connectivity index (χ4n) is 3.54. The molecule has 3 aromatic rings. The van der Waals surface area contributed by atoms with Crippen LogP contribution >= 0.6 is 0 Å². The molecule has 0 saturated carbocycles. The third kappa shape index (κ3) is 1.86. The van der Waals surface area contributed by atoms with Crippen LogP contribution in [0.4, 0.5) is 0 Å². The van der Waals surface area contributed by atoms with Crippen LogP contribution in [-0.2, 0) is 6.42 Å². The molecule has 0 radical (unpaired) electrons. The number of hydrogen-bond acceptors (Lipinski definition) is 1. The van der Waals surface area contributed by atoms with E-state index < -0.39 is 0 Å². The molecule has 0 amide bonds. The molecular weight excluding hydrogens is 268 g/mol. The minimum atomic E-state index is 0.402. The predicted molar refractivity (Wildman–Crippen MR) is 91.3 cm³/mol. The van der Waals surface area contributed by atoms with E-state index in [9.17, 15) is 5.11 Å². The number of aryl methyl sites for hydroxylation is 2. The van der Waals surface area contributed by atoms with Gasteiger partial charge in [0.05, 0.1) is 0 Å². The van der Waals surface area contributed by atoms with Crippen molar-refractivity contribution in [2.75, 3.05) is 0 Å². The molecule has 1 aliphatic rings. The van der Waals surface area contributed by atoms with Gasteiger partial charge in [-0.1, -0.05) is 42.5 Å². The van der Waals surface area contributed by atoms with Crippen molar-refractivity contribution < 1.29 is 5.11 Å². The van der Waals surface area contributed by atoms with Crippen LogP contribution in [0.3, 0.4) is 0 Å². The molecule has 1 heteroatoms. The molecule has 0 aromatic heterocycles. The number of aromatic hydroxyl groups is 1. The lowest BCUT2D eigenvalue weighted by molar-refractivity contribution is 0.467. The molecule has 0 fully saturated rings. The summed E-state index contributed by atoms with van der Waals surface area (Å²) in [6.07, 6.45) is 0.987. The predicted octanol–water partition coefficient (Wildman–Crippen LogP) is 5.25. The number of rotatable bonds is 1. The molecule has 0 atom stereocenters. The van der Waals surface area contributed by atoms with Crippen LogP contribution in [0.15, 0.2) is 54.6 Å². The van der Waals surface area contributed by atoms with Gasteiger partial charge in [0.2, 0.25) is 0 Å². The average molecular weight is 286 g/mol. The highest BCUT2D eigenvalue weighted by Crippen LogP contribution is 2.42. The van der Waals surface area contributed by atoms with E-state index in [4.69, 9.17) is 0 Å². The molecular formula is C21H18O. The number of benzene rings is 3. The largest absolute Gasteiger partial charge is 0.507 e. The molecule has 0 saturated heterocycles. The monoisotopic (exact) mass is 286 g/mol. The lowest BCUT2D eigenvalue weighted by Crippen LogP contribution is -1.90. The Morgan fingerprint density at radius 3 is 2.18 bits per heavy atom. The van der Waals surface area contributed by atoms with Gasteiger partial charge in [-0.2, -0.15) is 0 Å². The number of fused-ring (bicyclic) bond motifs is 3. The molecule has 0 heterocycles. The first-order chi connectivity index (χ1) is 10.6. The van der Waals surface area contributed by atoms with Gasteiger partial charge in [0.25, 0.3) is 0 Å². The van der Waals surface area contributed by atoms with Gasteiger partial charge in [0.1, 0.15) is 5.75 Å². The van der Waals surface area contributed by atoms with Gasteiger partial charge in [-0.25, -0.2) is 0 Å². The molecule has 108 valence electrons. The molecule has 3 aromatic carbocycles. The van der Waals surface area contributed by atoms with Crippen LogP contribution in [0.2, 0.25) is 0 Å². The Bertz CT molecular complexity index is 867. The summed E-state index contributed by atoms with van der Waals surface area (Å²) in [6, 6.07) is 19.3. The smallest absolute Gasteiger partial charge is 0.121 e. The first kappa shape index (κ1) is 13.1. The Labute approximate surface area is 130 Å². The van der Waals surface area contributed by atoms with E-state index in [1.54, 1.807) is 0 Å². The number of phenols is 1. The fourth-order valence-corrected chi connectivity index (χ4v) is 3.54. The average Bonchev–Trinajstić information content (AvgIpc) is 2.90. The van der Waals surface area contributed by atoms with E-state index in [2.05, 4.69) is 54.6 Å². The third-order valence-electron chi connectivity index (χ3n) is 4.65. The van der Waals surface area contributed by atoms with Gasteiger partial charge in [0, 0.05) is 0 Å². The van der Waals surface area contributed by atoms with Gasteiger partial charge in [-0.15, -0.1) is 0 Å².